The molecule has 2 N–H and O–H groups in total. The van der Waals surface area contributed by atoms with Gasteiger partial charge in [-0.15, -0.1) is 0 Å². The SMILES string of the molecule is CC(C)(CCO)NC(=O)C1(C#N)CCCCCC1. The molecule has 0 aromatic heterocycles. The molecule has 0 aromatic carbocycles. The summed E-state index contributed by atoms with van der Waals surface area (Å²) in [6, 6.07) is 2.25. The van der Waals surface area contributed by atoms with Gasteiger partial charge in [0.2, 0.25) is 5.91 Å². The van der Waals surface area contributed by atoms with E-state index in [1.807, 2.05) is 13.8 Å². The Hall–Kier alpha value is -1.08. The number of hydrogen-bond donors (Lipinski definition) is 2. The Morgan fingerprint density at radius 1 is 1.33 bits per heavy atom. The molecule has 0 radical (unpaired) electrons. The van der Waals surface area contributed by atoms with Gasteiger partial charge in [-0.2, -0.15) is 5.26 Å². The summed E-state index contributed by atoms with van der Waals surface area (Å²) in [5.41, 5.74) is -1.31. The molecule has 4 nitrogen and oxygen atoms in total. The van der Waals surface area contributed by atoms with Crippen molar-refractivity contribution >= 4 is 5.91 Å². The smallest absolute Gasteiger partial charge is 0.240 e. The van der Waals surface area contributed by atoms with Gasteiger partial charge in [-0.3, -0.25) is 4.79 Å². The van der Waals surface area contributed by atoms with Gasteiger partial charge in [0, 0.05) is 12.1 Å². The van der Waals surface area contributed by atoms with Gasteiger partial charge in [0.15, 0.2) is 0 Å². The Morgan fingerprint density at radius 3 is 2.33 bits per heavy atom. The number of nitrogens with zero attached hydrogens (tertiary/aromatic N) is 1. The lowest BCUT2D eigenvalue weighted by Crippen LogP contribution is -2.50. The fourth-order valence-corrected chi connectivity index (χ4v) is 2.49. The molecule has 0 bridgehead atoms. The summed E-state index contributed by atoms with van der Waals surface area (Å²) < 4.78 is 0. The number of amides is 1. The van der Waals surface area contributed by atoms with Crippen molar-refractivity contribution in [2.24, 2.45) is 5.41 Å². The van der Waals surface area contributed by atoms with Gasteiger partial charge in [-0.05, 0) is 33.1 Å². The molecule has 0 aromatic rings. The third-order valence-electron chi connectivity index (χ3n) is 3.79. The highest BCUT2D eigenvalue weighted by Gasteiger charge is 2.40. The quantitative estimate of drug-likeness (QED) is 0.753. The van der Waals surface area contributed by atoms with Crippen LogP contribution in [0.25, 0.3) is 0 Å². The van der Waals surface area contributed by atoms with Crippen LogP contribution < -0.4 is 5.32 Å². The van der Waals surface area contributed by atoms with E-state index in [4.69, 9.17) is 5.11 Å². The third kappa shape index (κ3) is 3.71. The number of nitriles is 1. The average Bonchev–Trinajstić information content (AvgIpc) is 2.54. The van der Waals surface area contributed by atoms with Gasteiger partial charge < -0.3 is 10.4 Å². The van der Waals surface area contributed by atoms with E-state index in [0.717, 1.165) is 25.7 Å². The molecule has 4 heteroatoms. The van der Waals surface area contributed by atoms with Crippen molar-refractivity contribution in [1.29, 1.82) is 5.26 Å². The van der Waals surface area contributed by atoms with Crippen LogP contribution in [0.4, 0.5) is 0 Å². The van der Waals surface area contributed by atoms with Gasteiger partial charge in [-0.25, -0.2) is 0 Å². The van der Waals surface area contributed by atoms with E-state index in [1.165, 1.54) is 0 Å². The van der Waals surface area contributed by atoms with Crippen LogP contribution >= 0.6 is 0 Å². The van der Waals surface area contributed by atoms with Gasteiger partial charge in [0.25, 0.3) is 0 Å². The van der Waals surface area contributed by atoms with Crippen LogP contribution in [0.2, 0.25) is 0 Å². The lowest BCUT2D eigenvalue weighted by Gasteiger charge is -2.31. The first-order valence-corrected chi connectivity index (χ1v) is 6.80. The van der Waals surface area contributed by atoms with E-state index in [-0.39, 0.29) is 12.5 Å². The zero-order chi connectivity index (χ0) is 13.6. The third-order valence-corrected chi connectivity index (χ3v) is 3.79. The number of carbonyl (C=O) groups excluding carboxylic acids is 1. The lowest BCUT2D eigenvalue weighted by atomic mass is 9.80. The molecule has 0 saturated heterocycles. The van der Waals surface area contributed by atoms with E-state index >= 15 is 0 Å². The zero-order valence-electron chi connectivity index (χ0n) is 11.5. The minimum atomic E-state index is -0.858. The molecular weight excluding hydrogens is 228 g/mol. The van der Waals surface area contributed by atoms with Crippen LogP contribution in [0.1, 0.15) is 58.8 Å². The van der Waals surface area contributed by atoms with Gasteiger partial charge >= 0.3 is 0 Å². The second-order valence-electron chi connectivity index (χ2n) is 5.92. The molecule has 0 heterocycles. The van der Waals surface area contributed by atoms with Gasteiger partial charge in [0.1, 0.15) is 5.41 Å². The summed E-state index contributed by atoms with van der Waals surface area (Å²) in [7, 11) is 0. The Kier molecular flexibility index (Phi) is 5.15. The summed E-state index contributed by atoms with van der Waals surface area (Å²) in [4.78, 5) is 12.4. The summed E-state index contributed by atoms with van der Waals surface area (Å²) in [5, 5.41) is 21.3. The van der Waals surface area contributed by atoms with Crippen LogP contribution in [0.5, 0.6) is 0 Å². The summed E-state index contributed by atoms with van der Waals surface area (Å²) >= 11 is 0. The maximum Gasteiger partial charge on any atom is 0.240 e. The minimum absolute atomic E-state index is 0.0346. The van der Waals surface area contributed by atoms with Crippen molar-refractivity contribution in [2.75, 3.05) is 6.61 Å². The topological polar surface area (TPSA) is 73.1 Å². The number of hydrogen-bond acceptors (Lipinski definition) is 3. The largest absolute Gasteiger partial charge is 0.396 e. The highest BCUT2D eigenvalue weighted by Crippen LogP contribution is 2.35. The van der Waals surface area contributed by atoms with E-state index in [0.29, 0.717) is 19.3 Å². The molecule has 1 amide bonds. The highest BCUT2D eigenvalue weighted by molar-refractivity contribution is 5.86. The number of nitrogens with one attached hydrogen (secondary N) is 1. The molecule has 1 aliphatic carbocycles. The van der Waals surface area contributed by atoms with E-state index in [9.17, 15) is 10.1 Å². The van der Waals surface area contributed by atoms with E-state index in [2.05, 4.69) is 11.4 Å². The first-order chi connectivity index (χ1) is 8.46. The number of rotatable bonds is 4. The predicted molar refractivity (Wildman–Crippen MR) is 69.7 cm³/mol. The Labute approximate surface area is 109 Å². The average molecular weight is 252 g/mol. The summed E-state index contributed by atoms with van der Waals surface area (Å²) in [6.45, 7) is 3.79. The fourth-order valence-electron chi connectivity index (χ4n) is 2.49. The second-order valence-corrected chi connectivity index (χ2v) is 5.92. The summed E-state index contributed by atoms with van der Waals surface area (Å²) in [6.07, 6.45) is 5.92. The Balaban J connectivity index is 2.75. The molecule has 1 aliphatic rings. The maximum atomic E-state index is 12.4. The molecule has 1 saturated carbocycles. The van der Waals surface area contributed by atoms with Crippen molar-refractivity contribution in [2.45, 2.75) is 64.3 Å². The van der Waals surface area contributed by atoms with Crippen LogP contribution in [-0.2, 0) is 4.79 Å². The molecule has 18 heavy (non-hydrogen) atoms. The Morgan fingerprint density at radius 2 is 1.89 bits per heavy atom. The first kappa shape index (κ1) is 15.0. The molecule has 0 aliphatic heterocycles. The van der Waals surface area contributed by atoms with E-state index in [1.54, 1.807) is 0 Å². The monoisotopic (exact) mass is 252 g/mol. The second kappa shape index (κ2) is 6.19. The first-order valence-electron chi connectivity index (χ1n) is 6.80. The molecule has 0 unspecified atom stereocenters. The maximum absolute atomic E-state index is 12.4. The predicted octanol–water partition coefficient (Wildman–Crippen LogP) is 2.13. The molecule has 1 fully saturated rings. The molecule has 102 valence electrons. The van der Waals surface area contributed by atoms with E-state index < -0.39 is 11.0 Å². The van der Waals surface area contributed by atoms with Gasteiger partial charge in [-0.1, -0.05) is 25.7 Å². The van der Waals surface area contributed by atoms with Crippen LogP contribution in [0.15, 0.2) is 0 Å². The fraction of sp³-hybridized carbons (Fsp3) is 0.857. The van der Waals surface area contributed by atoms with Crippen molar-refractivity contribution < 1.29 is 9.90 Å². The zero-order valence-corrected chi connectivity index (χ0v) is 11.5. The van der Waals surface area contributed by atoms with Crippen molar-refractivity contribution in [1.82, 2.24) is 5.32 Å². The van der Waals surface area contributed by atoms with Crippen molar-refractivity contribution in [3.63, 3.8) is 0 Å². The van der Waals surface area contributed by atoms with Crippen LogP contribution in [0.3, 0.4) is 0 Å². The summed E-state index contributed by atoms with van der Waals surface area (Å²) in [5.74, 6) is -0.162. The normalized spacial score (nSPS) is 19.7. The Bertz CT molecular complexity index is 323. The molecule has 0 spiro atoms. The van der Waals surface area contributed by atoms with Gasteiger partial charge in [0.05, 0.1) is 6.07 Å². The highest BCUT2D eigenvalue weighted by atomic mass is 16.3. The minimum Gasteiger partial charge on any atom is -0.396 e. The molecule has 0 atom stereocenters. The van der Waals surface area contributed by atoms with Crippen molar-refractivity contribution in [3.05, 3.63) is 0 Å². The molecule has 1 rings (SSSR count). The standard InChI is InChI=1S/C14H24N2O2/c1-13(2,9-10-17)16-12(18)14(11-15)7-5-3-4-6-8-14/h17H,3-10H2,1-2H3,(H,16,18). The number of carbonyl (C=O) groups is 1. The number of aliphatic hydroxyl groups excluding tert-OH is 1. The van der Waals surface area contributed by atoms with Crippen LogP contribution in [-0.4, -0.2) is 23.2 Å². The van der Waals surface area contributed by atoms with Crippen LogP contribution in [0, 0.1) is 16.7 Å². The number of aliphatic hydroxyl groups is 1. The van der Waals surface area contributed by atoms with Crippen molar-refractivity contribution in [3.8, 4) is 6.07 Å². The molecular formula is C14H24N2O2. The lowest BCUT2D eigenvalue weighted by molar-refractivity contribution is -0.130.